The Bertz CT molecular complexity index is 499. The average molecular weight is 289 g/mol. The second-order valence-electron chi connectivity index (χ2n) is 4.47. The van der Waals surface area contributed by atoms with Gasteiger partial charge in [-0.25, -0.2) is 8.42 Å². The van der Waals surface area contributed by atoms with Crippen molar-refractivity contribution in [2.24, 2.45) is 0 Å². The summed E-state index contributed by atoms with van der Waals surface area (Å²) in [5, 5.41) is -0.426. The summed E-state index contributed by atoms with van der Waals surface area (Å²) in [4.78, 5) is 2.33. The Hall–Kier alpha value is -0.780. The number of anilines is 1. The molecule has 1 aliphatic rings. The third-order valence-corrected chi connectivity index (χ3v) is 4.70. The van der Waals surface area contributed by atoms with Gasteiger partial charge in [-0.2, -0.15) is 0 Å². The number of benzene rings is 1. The van der Waals surface area contributed by atoms with E-state index in [0.717, 1.165) is 25.2 Å². The first-order chi connectivity index (χ1) is 8.61. The molecule has 100 valence electrons. The zero-order valence-corrected chi connectivity index (χ0v) is 11.7. The highest BCUT2D eigenvalue weighted by Crippen LogP contribution is 2.21. The molecule has 0 atom stereocenters. The predicted octanol–water partition coefficient (Wildman–Crippen LogP) is 2.22. The fourth-order valence-corrected chi connectivity index (χ4v) is 2.89. The molecule has 0 amide bonds. The van der Waals surface area contributed by atoms with E-state index in [2.05, 4.69) is 9.62 Å². The fourth-order valence-electron chi connectivity index (χ4n) is 2.13. The van der Waals surface area contributed by atoms with Gasteiger partial charge in [0.1, 0.15) is 5.21 Å². The zero-order chi connectivity index (χ0) is 13.0. The number of hydrogen-bond donors (Lipinski definition) is 1. The molecule has 2 rings (SSSR count). The van der Waals surface area contributed by atoms with Crippen LogP contribution in [0.1, 0.15) is 18.4 Å². The van der Waals surface area contributed by atoms with E-state index in [9.17, 15) is 8.42 Å². The molecule has 4 nitrogen and oxygen atoms in total. The molecule has 1 saturated heterocycles. The SMILES string of the molecule is O=S(=O)(CCl)Nc1ccccc1CN1CCCC1. The second-order valence-corrected chi connectivity index (χ2v) is 6.77. The summed E-state index contributed by atoms with van der Waals surface area (Å²) in [5.41, 5.74) is 1.62. The topological polar surface area (TPSA) is 49.4 Å². The van der Waals surface area contributed by atoms with Gasteiger partial charge in [0, 0.05) is 6.54 Å². The van der Waals surface area contributed by atoms with Crippen molar-refractivity contribution in [1.82, 2.24) is 4.90 Å². The number of likely N-dealkylation sites (tertiary alicyclic amines) is 1. The van der Waals surface area contributed by atoms with Crippen LogP contribution in [0.3, 0.4) is 0 Å². The lowest BCUT2D eigenvalue weighted by atomic mass is 10.2. The van der Waals surface area contributed by atoms with Gasteiger partial charge in [-0.15, -0.1) is 11.6 Å². The lowest BCUT2D eigenvalue weighted by molar-refractivity contribution is 0.332. The largest absolute Gasteiger partial charge is 0.299 e. The number of sulfonamides is 1. The second kappa shape index (κ2) is 5.91. The monoisotopic (exact) mass is 288 g/mol. The number of nitrogens with one attached hydrogen (secondary N) is 1. The number of para-hydroxylation sites is 1. The van der Waals surface area contributed by atoms with E-state index in [-0.39, 0.29) is 0 Å². The van der Waals surface area contributed by atoms with E-state index in [4.69, 9.17) is 11.6 Å². The molecule has 1 aromatic carbocycles. The first-order valence-corrected chi connectivity index (χ1v) is 8.16. The fraction of sp³-hybridized carbons (Fsp3) is 0.500. The highest BCUT2D eigenvalue weighted by molar-refractivity contribution is 7.93. The minimum atomic E-state index is -3.43. The van der Waals surface area contributed by atoms with Crippen molar-refractivity contribution in [3.63, 3.8) is 0 Å². The molecule has 1 aromatic rings. The van der Waals surface area contributed by atoms with Crippen LogP contribution in [0.5, 0.6) is 0 Å². The summed E-state index contributed by atoms with van der Waals surface area (Å²) >= 11 is 5.40. The first-order valence-electron chi connectivity index (χ1n) is 5.97. The molecule has 0 aromatic heterocycles. The molecule has 0 spiro atoms. The minimum absolute atomic E-state index is 0.426. The molecule has 0 unspecified atom stereocenters. The highest BCUT2D eigenvalue weighted by atomic mass is 35.5. The summed E-state index contributed by atoms with van der Waals surface area (Å²) in [6.45, 7) is 2.94. The van der Waals surface area contributed by atoms with Crippen LogP contribution in [-0.4, -0.2) is 31.6 Å². The minimum Gasteiger partial charge on any atom is -0.299 e. The third-order valence-electron chi connectivity index (χ3n) is 3.02. The van der Waals surface area contributed by atoms with Crippen molar-refractivity contribution >= 4 is 27.3 Å². The lowest BCUT2D eigenvalue weighted by Crippen LogP contribution is -2.21. The van der Waals surface area contributed by atoms with Crippen molar-refractivity contribution in [2.45, 2.75) is 19.4 Å². The Kier molecular flexibility index (Phi) is 4.48. The quantitative estimate of drug-likeness (QED) is 0.845. The van der Waals surface area contributed by atoms with Crippen LogP contribution in [0, 0.1) is 0 Å². The van der Waals surface area contributed by atoms with Gasteiger partial charge in [0.15, 0.2) is 0 Å². The maximum absolute atomic E-state index is 11.5. The molecule has 18 heavy (non-hydrogen) atoms. The predicted molar refractivity (Wildman–Crippen MR) is 74.2 cm³/mol. The normalized spacial score (nSPS) is 16.9. The molecular formula is C12H17ClN2O2S. The smallest absolute Gasteiger partial charge is 0.246 e. The summed E-state index contributed by atoms with van der Waals surface area (Å²) in [5.74, 6) is 0. The Morgan fingerprint density at radius 1 is 1.22 bits per heavy atom. The summed E-state index contributed by atoms with van der Waals surface area (Å²) < 4.78 is 25.5. The van der Waals surface area contributed by atoms with Crippen LogP contribution >= 0.6 is 11.6 Å². The van der Waals surface area contributed by atoms with Crippen LogP contribution in [0.4, 0.5) is 5.69 Å². The molecule has 1 N–H and O–H groups in total. The number of halogens is 1. The molecule has 1 heterocycles. The molecule has 1 aliphatic heterocycles. The summed E-state index contributed by atoms with van der Waals surface area (Å²) in [6.07, 6.45) is 2.44. The molecule has 6 heteroatoms. The van der Waals surface area contributed by atoms with Crippen LogP contribution in [0.15, 0.2) is 24.3 Å². The van der Waals surface area contributed by atoms with Crippen LogP contribution in [0.2, 0.25) is 0 Å². The Labute approximate surface area is 113 Å². The van der Waals surface area contributed by atoms with Gasteiger partial charge in [-0.3, -0.25) is 9.62 Å². The highest BCUT2D eigenvalue weighted by Gasteiger charge is 2.15. The Morgan fingerprint density at radius 2 is 1.89 bits per heavy atom. The standard InChI is InChI=1S/C12H17ClN2O2S/c13-10-18(16,17)14-12-6-2-1-5-11(12)9-15-7-3-4-8-15/h1-2,5-6,14H,3-4,7-10H2. The average Bonchev–Trinajstić information content (AvgIpc) is 2.84. The maximum Gasteiger partial charge on any atom is 0.246 e. The van der Waals surface area contributed by atoms with Crippen molar-refractivity contribution in [1.29, 1.82) is 0 Å². The molecule has 0 aliphatic carbocycles. The van der Waals surface area contributed by atoms with Crippen LogP contribution in [-0.2, 0) is 16.6 Å². The van der Waals surface area contributed by atoms with Gasteiger partial charge in [-0.1, -0.05) is 18.2 Å². The van der Waals surface area contributed by atoms with Crippen LogP contribution in [0.25, 0.3) is 0 Å². The van der Waals surface area contributed by atoms with Crippen molar-refractivity contribution in [3.05, 3.63) is 29.8 Å². The molecule has 1 fully saturated rings. The molecule has 0 saturated carbocycles. The van der Waals surface area contributed by atoms with E-state index in [1.165, 1.54) is 12.8 Å². The Balaban J connectivity index is 2.14. The summed E-state index contributed by atoms with van der Waals surface area (Å²) in [6, 6.07) is 7.46. The third kappa shape index (κ3) is 3.60. The molecular weight excluding hydrogens is 272 g/mol. The molecule has 0 bridgehead atoms. The van der Waals surface area contributed by atoms with E-state index in [1.807, 2.05) is 18.2 Å². The number of hydrogen-bond acceptors (Lipinski definition) is 3. The number of alkyl halides is 1. The van der Waals surface area contributed by atoms with Crippen molar-refractivity contribution < 1.29 is 8.42 Å². The van der Waals surface area contributed by atoms with Gasteiger partial charge in [0.05, 0.1) is 5.69 Å². The summed E-state index contributed by atoms with van der Waals surface area (Å²) in [7, 11) is -3.43. The zero-order valence-electron chi connectivity index (χ0n) is 10.1. The van der Waals surface area contributed by atoms with Crippen molar-refractivity contribution in [3.8, 4) is 0 Å². The number of rotatable bonds is 5. The van der Waals surface area contributed by atoms with E-state index in [1.54, 1.807) is 6.07 Å². The number of nitrogens with zero attached hydrogens (tertiary/aromatic N) is 1. The van der Waals surface area contributed by atoms with Crippen molar-refractivity contribution in [2.75, 3.05) is 23.0 Å². The maximum atomic E-state index is 11.5. The van der Waals surface area contributed by atoms with Crippen LogP contribution < -0.4 is 4.72 Å². The van der Waals surface area contributed by atoms with E-state index >= 15 is 0 Å². The van der Waals surface area contributed by atoms with Gasteiger partial charge in [0.25, 0.3) is 0 Å². The van der Waals surface area contributed by atoms with E-state index < -0.39 is 15.2 Å². The van der Waals surface area contributed by atoms with Gasteiger partial charge < -0.3 is 0 Å². The van der Waals surface area contributed by atoms with Gasteiger partial charge >= 0.3 is 0 Å². The lowest BCUT2D eigenvalue weighted by Gasteiger charge is -2.17. The Morgan fingerprint density at radius 3 is 2.56 bits per heavy atom. The van der Waals surface area contributed by atoms with E-state index in [0.29, 0.717) is 5.69 Å². The first kappa shape index (κ1) is 13.6. The van der Waals surface area contributed by atoms with Gasteiger partial charge in [-0.05, 0) is 37.6 Å². The van der Waals surface area contributed by atoms with Gasteiger partial charge in [0.2, 0.25) is 10.0 Å². The molecule has 0 radical (unpaired) electrons.